The highest BCUT2D eigenvalue weighted by Crippen LogP contribution is 2.42. The molecular formula is C3H7P2+. The van der Waals surface area contributed by atoms with Crippen molar-refractivity contribution in [3.63, 3.8) is 0 Å². The Hall–Kier alpha value is 0.600. The minimum Gasteiger partial charge on any atom is -0.0385 e. The summed E-state index contributed by atoms with van der Waals surface area (Å²) in [5.41, 5.74) is 0. The number of hydrogen-bond donors (Lipinski definition) is 0. The van der Waals surface area contributed by atoms with Crippen molar-refractivity contribution < 1.29 is 0 Å². The Morgan fingerprint density at radius 3 is 2.60 bits per heavy atom. The molecule has 0 N–H and O–H groups in total. The molecule has 2 unspecified atom stereocenters. The van der Waals surface area contributed by atoms with Gasteiger partial charge in [0.25, 0.3) is 0 Å². The van der Waals surface area contributed by atoms with Gasteiger partial charge >= 0.3 is 0 Å². The number of allylic oxidation sites excluding steroid dienone is 2. The molecule has 0 saturated heterocycles. The zero-order chi connectivity index (χ0) is 3.70. The van der Waals surface area contributed by atoms with Crippen molar-refractivity contribution >= 4 is 17.2 Å². The first-order chi connectivity index (χ1) is 2.43. The second-order valence-electron chi connectivity index (χ2n) is 1.15. The molecule has 2 atom stereocenters. The molecule has 0 aromatic carbocycles. The summed E-state index contributed by atoms with van der Waals surface area (Å²) in [7, 11) is 3.39. The van der Waals surface area contributed by atoms with Crippen LogP contribution in [0.3, 0.4) is 0 Å². The monoisotopic (exact) mass is 105 g/mol. The normalized spacial score (nSPS) is 20.6. The van der Waals surface area contributed by atoms with E-state index in [4.69, 9.17) is 0 Å². The van der Waals surface area contributed by atoms with E-state index in [2.05, 4.69) is 15.0 Å². The van der Waals surface area contributed by atoms with Gasteiger partial charge in [-0.3, -0.25) is 0 Å². The Bertz CT molecular complexity index is 65.3. The molecule has 1 aliphatic rings. The van der Waals surface area contributed by atoms with Gasteiger partial charge in [-0.1, -0.05) is 0 Å². The van der Waals surface area contributed by atoms with Crippen LogP contribution < -0.4 is 0 Å². The van der Waals surface area contributed by atoms with E-state index in [1.165, 1.54) is 6.42 Å². The quantitative estimate of drug-likeness (QED) is 0.443. The highest BCUT2D eigenvalue weighted by atomic mass is 32.0. The van der Waals surface area contributed by atoms with Crippen LogP contribution in [0.2, 0.25) is 0 Å². The van der Waals surface area contributed by atoms with Crippen LogP contribution >= 0.6 is 17.2 Å². The SMILES string of the molecule is P[PH2+]C1=CC1. The molecule has 0 amide bonds. The largest absolute Gasteiger partial charge is 0.0689 e. The smallest absolute Gasteiger partial charge is 0.0385 e. The van der Waals surface area contributed by atoms with Crippen LogP contribution in [0.4, 0.5) is 0 Å². The maximum Gasteiger partial charge on any atom is 0.0689 e. The van der Waals surface area contributed by atoms with E-state index in [0.717, 1.165) is 0 Å². The fraction of sp³-hybridized carbons (Fsp3) is 0.333. The van der Waals surface area contributed by atoms with E-state index in [1.54, 1.807) is 5.31 Å². The molecule has 5 heavy (non-hydrogen) atoms. The molecule has 0 aromatic heterocycles. The van der Waals surface area contributed by atoms with Crippen molar-refractivity contribution in [3.05, 3.63) is 11.4 Å². The molecule has 28 valence electrons. The van der Waals surface area contributed by atoms with Gasteiger partial charge in [0.15, 0.2) is 0 Å². The summed E-state index contributed by atoms with van der Waals surface area (Å²) in [6.07, 6.45) is 3.60. The number of hydrogen-bond acceptors (Lipinski definition) is 0. The predicted octanol–water partition coefficient (Wildman–Crippen LogP) is 1.47. The molecule has 2 heteroatoms. The van der Waals surface area contributed by atoms with Gasteiger partial charge in [0.2, 0.25) is 0 Å². The average Bonchev–Trinajstić information content (AvgIpc) is 2.12. The van der Waals surface area contributed by atoms with Crippen molar-refractivity contribution in [2.45, 2.75) is 6.42 Å². The predicted molar refractivity (Wildman–Crippen MR) is 32.1 cm³/mol. The molecular weight excluding hydrogens is 98.0 g/mol. The summed E-state index contributed by atoms with van der Waals surface area (Å²) >= 11 is 0. The van der Waals surface area contributed by atoms with Crippen LogP contribution in [0.15, 0.2) is 11.4 Å². The lowest BCUT2D eigenvalue weighted by Gasteiger charge is -1.58. The van der Waals surface area contributed by atoms with Crippen LogP contribution in [-0.4, -0.2) is 0 Å². The van der Waals surface area contributed by atoms with E-state index in [1.807, 2.05) is 0 Å². The van der Waals surface area contributed by atoms with Crippen LogP contribution in [0.1, 0.15) is 6.42 Å². The second kappa shape index (κ2) is 1.37. The van der Waals surface area contributed by atoms with Crippen molar-refractivity contribution in [1.29, 1.82) is 0 Å². The Morgan fingerprint density at radius 1 is 2.00 bits per heavy atom. The maximum absolute atomic E-state index is 2.77. The summed E-state index contributed by atoms with van der Waals surface area (Å²) < 4.78 is 0. The Labute approximate surface area is 35.9 Å². The molecule has 0 spiro atoms. The summed E-state index contributed by atoms with van der Waals surface area (Å²) in [4.78, 5) is 0. The van der Waals surface area contributed by atoms with E-state index in [9.17, 15) is 0 Å². The van der Waals surface area contributed by atoms with Gasteiger partial charge in [0.1, 0.15) is 0 Å². The van der Waals surface area contributed by atoms with Gasteiger partial charge in [-0.25, -0.2) is 0 Å². The molecule has 0 saturated carbocycles. The van der Waals surface area contributed by atoms with E-state index in [-0.39, 0.29) is 0 Å². The average molecular weight is 105 g/mol. The Balaban J connectivity index is 2.22. The second-order valence-corrected chi connectivity index (χ2v) is 3.22. The molecule has 0 heterocycles. The van der Waals surface area contributed by atoms with Gasteiger partial charge in [0, 0.05) is 23.6 Å². The lowest BCUT2D eigenvalue weighted by Crippen LogP contribution is -1.21. The third kappa shape index (κ3) is 0.992. The van der Waals surface area contributed by atoms with E-state index >= 15 is 0 Å². The first-order valence-corrected chi connectivity index (χ1v) is 4.92. The minimum absolute atomic E-state index is 0.620. The fourth-order valence-corrected chi connectivity index (χ4v) is 1.40. The van der Waals surface area contributed by atoms with Crippen molar-refractivity contribution in [2.75, 3.05) is 0 Å². The first-order valence-electron chi connectivity index (χ1n) is 1.67. The molecule has 0 aliphatic heterocycles. The summed E-state index contributed by atoms with van der Waals surface area (Å²) in [6.45, 7) is 0. The van der Waals surface area contributed by atoms with Gasteiger partial charge in [-0.05, 0) is 6.08 Å². The van der Waals surface area contributed by atoms with Gasteiger partial charge < -0.3 is 0 Å². The standard InChI is InChI=1S/C3H6P2/c4-5-3-1-2-3/h1,5H,2,4H2/p+1. The van der Waals surface area contributed by atoms with Gasteiger partial charge in [0.05, 0.1) is 5.31 Å². The molecule has 0 fully saturated rings. The van der Waals surface area contributed by atoms with Crippen LogP contribution in [0.5, 0.6) is 0 Å². The topological polar surface area (TPSA) is 0 Å². The summed E-state index contributed by atoms with van der Waals surface area (Å²) in [6, 6.07) is 0. The van der Waals surface area contributed by atoms with Crippen LogP contribution in [-0.2, 0) is 0 Å². The zero-order valence-electron chi connectivity index (χ0n) is 2.94. The highest BCUT2D eigenvalue weighted by molar-refractivity contribution is 8.05. The van der Waals surface area contributed by atoms with Crippen molar-refractivity contribution in [3.8, 4) is 0 Å². The molecule has 1 aliphatic carbocycles. The van der Waals surface area contributed by atoms with Crippen LogP contribution in [0.25, 0.3) is 0 Å². The molecule has 0 aromatic rings. The Kier molecular flexibility index (Phi) is 1.03. The summed E-state index contributed by atoms with van der Waals surface area (Å²) in [5.74, 6) is 0. The zero-order valence-corrected chi connectivity index (χ0v) is 5.25. The molecule has 0 nitrogen and oxygen atoms in total. The lowest BCUT2D eigenvalue weighted by atomic mass is 10.9. The van der Waals surface area contributed by atoms with Crippen LogP contribution in [0, 0.1) is 0 Å². The fourth-order valence-electron chi connectivity index (χ4n) is 0.195. The van der Waals surface area contributed by atoms with E-state index in [0.29, 0.717) is 8.27 Å². The van der Waals surface area contributed by atoms with Crippen molar-refractivity contribution in [1.82, 2.24) is 0 Å². The molecule has 1 rings (SSSR count). The van der Waals surface area contributed by atoms with Gasteiger partial charge in [-0.2, -0.15) is 0 Å². The first kappa shape index (κ1) is 3.78. The van der Waals surface area contributed by atoms with Gasteiger partial charge in [-0.15, -0.1) is 0 Å². The number of rotatable bonds is 1. The van der Waals surface area contributed by atoms with Crippen molar-refractivity contribution in [2.24, 2.45) is 0 Å². The lowest BCUT2D eigenvalue weighted by molar-refractivity contribution is 1.68. The highest BCUT2D eigenvalue weighted by Gasteiger charge is 2.08. The summed E-state index contributed by atoms with van der Waals surface area (Å²) in [5, 5.41) is 1.68. The maximum atomic E-state index is 2.77. The molecule has 0 bridgehead atoms. The Morgan fingerprint density at radius 2 is 2.60 bits per heavy atom. The molecule has 0 radical (unpaired) electrons. The minimum atomic E-state index is 0.620. The third-order valence-corrected chi connectivity index (χ3v) is 2.84. The van der Waals surface area contributed by atoms with E-state index < -0.39 is 0 Å². The third-order valence-electron chi connectivity index (χ3n) is 0.654.